The predicted molar refractivity (Wildman–Crippen MR) is 107 cm³/mol. The Labute approximate surface area is 156 Å². The van der Waals surface area contributed by atoms with E-state index in [9.17, 15) is 4.79 Å². The molecular formula is C23H27NO2. The summed E-state index contributed by atoms with van der Waals surface area (Å²) in [6.45, 7) is 2.85. The molecule has 0 aromatic heterocycles. The molecule has 0 heterocycles. The number of rotatable bonds is 6. The van der Waals surface area contributed by atoms with Crippen LogP contribution in [0.3, 0.4) is 0 Å². The van der Waals surface area contributed by atoms with Gasteiger partial charge < -0.3 is 10.1 Å². The minimum atomic E-state index is -0.330. The van der Waals surface area contributed by atoms with Gasteiger partial charge in [0.15, 0.2) is 0 Å². The number of benzene rings is 2. The van der Waals surface area contributed by atoms with Crippen LogP contribution >= 0.6 is 0 Å². The Morgan fingerprint density at radius 2 is 1.73 bits per heavy atom. The summed E-state index contributed by atoms with van der Waals surface area (Å²) in [5, 5.41) is 2.90. The molecule has 1 atom stereocenters. The molecule has 0 spiro atoms. The molecule has 0 radical (unpaired) electrons. The molecule has 1 unspecified atom stereocenters. The first-order valence-corrected chi connectivity index (χ1v) is 9.57. The van der Waals surface area contributed by atoms with Crippen LogP contribution in [0.5, 0.6) is 0 Å². The molecule has 3 nitrogen and oxygen atoms in total. The number of hydrogen-bond donors (Lipinski definition) is 1. The van der Waals surface area contributed by atoms with E-state index in [1.54, 1.807) is 0 Å². The number of fused-ring (bicyclic) bond motifs is 2. The fourth-order valence-electron chi connectivity index (χ4n) is 3.35. The highest BCUT2D eigenvalue weighted by molar-refractivity contribution is 5.74. The van der Waals surface area contributed by atoms with Crippen molar-refractivity contribution in [3.8, 4) is 0 Å². The summed E-state index contributed by atoms with van der Waals surface area (Å²) in [7, 11) is 0. The van der Waals surface area contributed by atoms with E-state index < -0.39 is 0 Å². The Morgan fingerprint density at radius 1 is 1.00 bits per heavy atom. The summed E-state index contributed by atoms with van der Waals surface area (Å²) in [6, 6.07) is 16.4. The molecule has 3 rings (SSSR count). The van der Waals surface area contributed by atoms with Crippen LogP contribution < -0.4 is 5.32 Å². The average Bonchev–Trinajstić information content (AvgIpc) is 2.65. The average molecular weight is 349 g/mol. The fourth-order valence-corrected chi connectivity index (χ4v) is 3.35. The van der Waals surface area contributed by atoms with Crippen molar-refractivity contribution in [3.63, 3.8) is 0 Å². The van der Waals surface area contributed by atoms with Crippen LogP contribution in [-0.4, -0.2) is 12.6 Å². The second-order valence-corrected chi connectivity index (χ2v) is 6.75. The van der Waals surface area contributed by atoms with Gasteiger partial charge in [-0.05, 0) is 23.1 Å². The maximum Gasteiger partial charge on any atom is 0.407 e. The molecule has 1 N–H and O–H groups in total. The van der Waals surface area contributed by atoms with Crippen molar-refractivity contribution in [2.75, 3.05) is 6.54 Å². The van der Waals surface area contributed by atoms with E-state index in [2.05, 4.69) is 42.6 Å². The van der Waals surface area contributed by atoms with Gasteiger partial charge in [0, 0.05) is 18.5 Å². The third kappa shape index (κ3) is 4.75. The van der Waals surface area contributed by atoms with Crippen LogP contribution in [0.1, 0.15) is 61.0 Å². The van der Waals surface area contributed by atoms with Gasteiger partial charge in [0.2, 0.25) is 0 Å². The van der Waals surface area contributed by atoms with E-state index in [0.29, 0.717) is 13.0 Å². The lowest BCUT2D eigenvalue weighted by Crippen LogP contribution is -2.28. The third-order valence-corrected chi connectivity index (χ3v) is 4.79. The van der Waals surface area contributed by atoms with E-state index in [0.717, 1.165) is 24.0 Å². The highest BCUT2D eigenvalue weighted by Crippen LogP contribution is 2.31. The number of unbranched alkanes of at least 4 members (excludes halogenated alkanes) is 3. The van der Waals surface area contributed by atoms with Gasteiger partial charge in [-0.1, -0.05) is 86.9 Å². The maximum atomic E-state index is 12.3. The lowest BCUT2D eigenvalue weighted by Gasteiger charge is -2.23. The maximum absolute atomic E-state index is 12.3. The van der Waals surface area contributed by atoms with Crippen molar-refractivity contribution in [1.29, 1.82) is 0 Å². The van der Waals surface area contributed by atoms with Crippen molar-refractivity contribution in [1.82, 2.24) is 5.32 Å². The number of amides is 1. The van der Waals surface area contributed by atoms with E-state index in [4.69, 9.17) is 4.74 Å². The third-order valence-electron chi connectivity index (χ3n) is 4.79. The van der Waals surface area contributed by atoms with E-state index >= 15 is 0 Å². The Kier molecular flexibility index (Phi) is 6.48. The Balaban J connectivity index is 1.73. The van der Waals surface area contributed by atoms with E-state index in [1.165, 1.54) is 24.0 Å². The molecule has 0 fully saturated rings. The molecule has 0 bridgehead atoms. The smallest absolute Gasteiger partial charge is 0.407 e. The molecule has 0 aliphatic heterocycles. The molecule has 1 aliphatic carbocycles. The number of hydrogen-bond acceptors (Lipinski definition) is 2. The van der Waals surface area contributed by atoms with Gasteiger partial charge in [0.25, 0.3) is 0 Å². The first-order valence-electron chi connectivity index (χ1n) is 9.57. The standard InChI is InChI=1S/C23H27NO2/c1-2-3-4-9-16-24-23(25)26-22-17-20-12-6-5-10-18(20)14-15-19-11-7-8-13-21(19)22/h5-8,10-15,22H,2-4,9,16-17H2,1H3,(H,24,25)/b15-14-. The van der Waals surface area contributed by atoms with Crippen LogP contribution in [-0.2, 0) is 11.2 Å². The molecular weight excluding hydrogens is 322 g/mol. The SMILES string of the molecule is CCCCCCNC(=O)OC1Cc2ccccc2/C=C\c2ccccc21. The van der Waals surface area contributed by atoms with Gasteiger partial charge in [0.05, 0.1) is 0 Å². The van der Waals surface area contributed by atoms with Gasteiger partial charge in [-0.25, -0.2) is 4.79 Å². The quantitative estimate of drug-likeness (QED) is 0.673. The van der Waals surface area contributed by atoms with E-state index in [-0.39, 0.29) is 12.2 Å². The summed E-state index contributed by atoms with van der Waals surface area (Å²) in [6.07, 6.45) is 8.84. The Morgan fingerprint density at radius 3 is 2.58 bits per heavy atom. The van der Waals surface area contributed by atoms with Crippen LogP contribution in [0.25, 0.3) is 12.2 Å². The number of alkyl carbamates (subject to hydrolysis) is 1. The van der Waals surface area contributed by atoms with Gasteiger partial charge in [-0.15, -0.1) is 0 Å². The molecule has 2 aromatic carbocycles. The van der Waals surface area contributed by atoms with E-state index in [1.807, 2.05) is 30.3 Å². The zero-order chi connectivity index (χ0) is 18.2. The fraction of sp³-hybridized carbons (Fsp3) is 0.348. The monoisotopic (exact) mass is 349 g/mol. The van der Waals surface area contributed by atoms with Gasteiger partial charge in [-0.3, -0.25) is 0 Å². The molecule has 1 aliphatic rings. The van der Waals surface area contributed by atoms with Crippen molar-refractivity contribution in [2.24, 2.45) is 0 Å². The molecule has 2 aromatic rings. The minimum absolute atomic E-state index is 0.284. The first kappa shape index (κ1) is 18.2. The van der Waals surface area contributed by atoms with Gasteiger partial charge in [0.1, 0.15) is 6.10 Å². The van der Waals surface area contributed by atoms with Gasteiger partial charge >= 0.3 is 6.09 Å². The minimum Gasteiger partial charge on any atom is -0.441 e. The summed E-state index contributed by atoms with van der Waals surface area (Å²) >= 11 is 0. The largest absolute Gasteiger partial charge is 0.441 e. The normalized spacial score (nSPS) is 16.6. The van der Waals surface area contributed by atoms with Crippen molar-refractivity contribution in [2.45, 2.75) is 45.1 Å². The predicted octanol–water partition coefficient (Wildman–Crippen LogP) is 5.76. The first-order chi connectivity index (χ1) is 12.8. The number of nitrogens with one attached hydrogen (secondary N) is 1. The molecule has 0 saturated heterocycles. The highest BCUT2D eigenvalue weighted by Gasteiger charge is 2.21. The lowest BCUT2D eigenvalue weighted by atomic mass is 9.91. The Hall–Kier alpha value is -2.55. The zero-order valence-electron chi connectivity index (χ0n) is 15.4. The topological polar surface area (TPSA) is 38.3 Å². The van der Waals surface area contributed by atoms with Crippen molar-refractivity contribution >= 4 is 18.2 Å². The zero-order valence-corrected chi connectivity index (χ0v) is 15.4. The van der Waals surface area contributed by atoms with Crippen LogP contribution in [0.15, 0.2) is 48.5 Å². The molecule has 136 valence electrons. The number of carbonyl (C=O) groups is 1. The Bertz CT molecular complexity index is 766. The summed E-state index contributed by atoms with van der Waals surface area (Å²) in [5.74, 6) is 0. The molecule has 26 heavy (non-hydrogen) atoms. The van der Waals surface area contributed by atoms with Crippen molar-refractivity contribution in [3.05, 3.63) is 70.8 Å². The second kappa shape index (κ2) is 9.23. The number of carbonyl (C=O) groups excluding carboxylic acids is 1. The highest BCUT2D eigenvalue weighted by atomic mass is 16.6. The molecule has 3 heteroatoms. The summed E-state index contributed by atoms with van der Waals surface area (Å²) < 4.78 is 5.83. The summed E-state index contributed by atoms with van der Waals surface area (Å²) in [5.41, 5.74) is 4.52. The molecule has 0 saturated carbocycles. The lowest BCUT2D eigenvalue weighted by molar-refractivity contribution is 0.0972. The number of ether oxygens (including phenoxy) is 1. The van der Waals surface area contributed by atoms with Crippen LogP contribution in [0.4, 0.5) is 4.79 Å². The van der Waals surface area contributed by atoms with Crippen LogP contribution in [0.2, 0.25) is 0 Å². The second-order valence-electron chi connectivity index (χ2n) is 6.75. The summed E-state index contributed by atoms with van der Waals surface area (Å²) in [4.78, 5) is 12.3. The van der Waals surface area contributed by atoms with Crippen molar-refractivity contribution < 1.29 is 9.53 Å². The van der Waals surface area contributed by atoms with Gasteiger partial charge in [-0.2, -0.15) is 0 Å². The van der Waals surface area contributed by atoms with Crippen LogP contribution in [0, 0.1) is 0 Å². The molecule has 1 amide bonds.